The normalized spacial score (nSPS) is 18.2. The topological polar surface area (TPSA) is 26.0 Å². The second-order valence-electron chi connectivity index (χ2n) is 4.63. The van der Waals surface area contributed by atoms with E-state index < -0.39 is 0 Å². The van der Waals surface area contributed by atoms with Gasteiger partial charge in [-0.05, 0) is 18.3 Å². The fourth-order valence-electron chi connectivity index (χ4n) is 1.45. The van der Waals surface area contributed by atoms with E-state index in [2.05, 4.69) is 25.9 Å². The molecule has 1 aromatic heterocycles. The van der Waals surface area contributed by atoms with Gasteiger partial charge in [-0.1, -0.05) is 25.9 Å². The molecule has 2 rings (SSSR count). The van der Waals surface area contributed by atoms with Gasteiger partial charge in [0.05, 0.1) is 6.20 Å². The maximum absolute atomic E-state index is 5.27. The van der Waals surface area contributed by atoms with Crippen LogP contribution in [-0.4, -0.2) is 5.16 Å². The van der Waals surface area contributed by atoms with Gasteiger partial charge in [-0.15, -0.1) is 0 Å². The molecule has 66 valence electrons. The Hall–Kier alpha value is -0.790. The molecule has 0 atom stereocenters. The minimum absolute atomic E-state index is 0.178. The van der Waals surface area contributed by atoms with E-state index in [0.29, 0.717) is 5.92 Å². The highest BCUT2D eigenvalue weighted by molar-refractivity contribution is 5.27. The average molecular weight is 165 g/mol. The highest BCUT2D eigenvalue weighted by Crippen LogP contribution is 2.44. The zero-order chi connectivity index (χ0) is 8.77. The van der Waals surface area contributed by atoms with E-state index >= 15 is 0 Å². The quantitative estimate of drug-likeness (QED) is 0.639. The van der Waals surface area contributed by atoms with Crippen molar-refractivity contribution in [1.29, 1.82) is 0 Å². The molecule has 1 aliphatic carbocycles. The second-order valence-corrected chi connectivity index (χ2v) is 4.63. The molecule has 0 saturated heterocycles. The highest BCUT2D eigenvalue weighted by Gasteiger charge is 2.33. The largest absolute Gasteiger partial charge is 0.361 e. The summed E-state index contributed by atoms with van der Waals surface area (Å²) in [4.78, 5) is 0. The Labute approximate surface area is 72.9 Å². The number of rotatable bonds is 1. The van der Waals surface area contributed by atoms with Gasteiger partial charge < -0.3 is 4.52 Å². The van der Waals surface area contributed by atoms with Gasteiger partial charge in [0, 0.05) is 11.5 Å². The van der Waals surface area contributed by atoms with E-state index in [-0.39, 0.29) is 5.41 Å². The second kappa shape index (κ2) is 2.35. The zero-order valence-electron chi connectivity index (χ0n) is 7.92. The summed E-state index contributed by atoms with van der Waals surface area (Å²) in [5, 5.41) is 3.87. The summed E-state index contributed by atoms with van der Waals surface area (Å²) in [6.45, 7) is 6.60. The van der Waals surface area contributed by atoms with E-state index in [1.54, 1.807) is 0 Å². The van der Waals surface area contributed by atoms with Gasteiger partial charge in [-0.2, -0.15) is 0 Å². The smallest absolute Gasteiger partial charge is 0.143 e. The van der Waals surface area contributed by atoms with Gasteiger partial charge in [0.1, 0.15) is 5.76 Å². The molecule has 12 heavy (non-hydrogen) atoms. The molecule has 2 heteroatoms. The van der Waals surface area contributed by atoms with E-state index in [1.165, 1.54) is 18.4 Å². The lowest BCUT2D eigenvalue weighted by Gasteiger charge is -2.16. The number of nitrogens with zero attached hydrogens (tertiary/aromatic N) is 1. The van der Waals surface area contributed by atoms with Crippen LogP contribution in [0.15, 0.2) is 10.7 Å². The van der Waals surface area contributed by atoms with E-state index in [9.17, 15) is 0 Å². The van der Waals surface area contributed by atoms with Crippen molar-refractivity contribution in [3.63, 3.8) is 0 Å². The Balaban J connectivity index is 2.36. The Morgan fingerprint density at radius 1 is 1.42 bits per heavy atom. The van der Waals surface area contributed by atoms with Gasteiger partial charge in [0.2, 0.25) is 0 Å². The van der Waals surface area contributed by atoms with Crippen molar-refractivity contribution in [2.24, 2.45) is 0 Å². The molecule has 1 aromatic rings. The van der Waals surface area contributed by atoms with Crippen molar-refractivity contribution in [2.45, 2.75) is 44.9 Å². The van der Waals surface area contributed by atoms with Gasteiger partial charge >= 0.3 is 0 Å². The third-order valence-corrected chi connectivity index (χ3v) is 2.35. The van der Waals surface area contributed by atoms with E-state index in [1.807, 2.05) is 6.20 Å². The summed E-state index contributed by atoms with van der Waals surface area (Å²) in [6.07, 6.45) is 4.42. The molecule has 0 aliphatic heterocycles. The van der Waals surface area contributed by atoms with E-state index in [0.717, 1.165) is 5.76 Å². The molecule has 0 unspecified atom stereocenters. The summed E-state index contributed by atoms with van der Waals surface area (Å²) >= 11 is 0. The third kappa shape index (κ3) is 1.26. The number of hydrogen-bond donors (Lipinski definition) is 0. The molecule has 1 fully saturated rings. The summed E-state index contributed by atoms with van der Waals surface area (Å²) in [7, 11) is 0. The van der Waals surface area contributed by atoms with Crippen LogP contribution in [-0.2, 0) is 5.41 Å². The monoisotopic (exact) mass is 165 g/mol. The third-order valence-electron chi connectivity index (χ3n) is 2.35. The van der Waals surface area contributed by atoms with Crippen LogP contribution in [0.1, 0.15) is 50.9 Å². The van der Waals surface area contributed by atoms with Gasteiger partial charge in [0.15, 0.2) is 0 Å². The highest BCUT2D eigenvalue weighted by atomic mass is 16.5. The maximum atomic E-state index is 5.27. The standard InChI is InChI=1S/C10H15NO/c1-10(2,3)8-6-11-12-9(8)7-4-5-7/h6-7H,4-5H2,1-3H3. The first-order chi connectivity index (χ1) is 5.59. The van der Waals surface area contributed by atoms with E-state index in [4.69, 9.17) is 4.52 Å². The van der Waals surface area contributed by atoms with Crippen LogP contribution in [0.25, 0.3) is 0 Å². The predicted octanol–water partition coefficient (Wildman–Crippen LogP) is 2.85. The lowest BCUT2D eigenvalue weighted by atomic mass is 9.87. The van der Waals surface area contributed by atoms with Gasteiger partial charge in [-0.3, -0.25) is 0 Å². The molecule has 0 N–H and O–H groups in total. The molecule has 1 saturated carbocycles. The van der Waals surface area contributed by atoms with Crippen LogP contribution in [0.4, 0.5) is 0 Å². The summed E-state index contributed by atoms with van der Waals surface area (Å²) < 4.78 is 5.27. The summed E-state index contributed by atoms with van der Waals surface area (Å²) in [5.41, 5.74) is 1.46. The Bertz CT molecular complexity index is 278. The molecule has 2 nitrogen and oxygen atoms in total. The lowest BCUT2D eigenvalue weighted by molar-refractivity contribution is 0.379. The molecule has 0 aromatic carbocycles. The van der Waals surface area contributed by atoms with Crippen molar-refractivity contribution in [3.05, 3.63) is 17.5 Å². The minimum Gasteiger partial charge on any atom is -0.361 e. The average Bonchev–Trinajstić information content (AvgIpc) is 2.65. The summed E-state index contributed by atoms with van der Waals surface area (Å²) in [6, 6.07) is 0. The summed E-state index contributed by atoms with van der Waals surface area (Å²) in [5.74, 6) is 1.80. The van der Waals surface area contributed by atoms with Crippen LogP contribution >= 0.6 is 0 Å². The van der Waals surface area contributed by atoms with Crippen molar-refractivity contribution in [2.75, 3.05) is 0 Å². The molecule has 0 spiro atoms. The Kier molecular flexibility index (Phi) is 1.53. The first-order valence-corrected chi connectivity index (χ1v) is 4.54. The Morgan fingerprint density at radius 2 is 2.08 bits per heavy atom. The fourth-order valence-corrected chi connectivity index (χ4v) is 1.45. The molecule has 0 bridgehead atoms. The van der Waals surface area contributed by atoms with Crippen LogP contribution < -0.4 is 0 Å². The van der Waals surface area contributed by atoms with Crippen LogP contribution in [0, 0.1) is 0 Å². The zero-order valence-corrected chi connectivity index (χ0v) is 7.92. The van der Waals surface area contributed by atoms with Crippen molar-refractivity contribution < 1.29 is 4.52 Å². The molecular formula is C10H15NO. The van der Waals surface area contributed by atoms with Crippen LogP contribution in [0.5, 0.6) is 0 Å². The first kappa shape index (κ1) is 7.84. The molecule has 0 radical (unpaired) electrons. The molecular weight excluding hydrogens is 150 g/mol. The van der Waals surface area contributed by atoms with Crippen LogP contribution in [0.2, 0.25) is 0 Å². The minimum atomic E-state index is 0.178. The number of aromatic nitrogens is 1. The Morgan fingerprint density at radius 3 is 2.58 bits per heavy atom. The van der Waals surface area contributed by atoms with Crippen LogP contribution in [0.3, 0.4) is 0 Å². The van der Waals surface area contributed by atoms with Gasteiger partial charge in [-0.25, -0.2) is 0 Å². The molecule has 0 amide bonds. The van der Waals surface area contributed by atoms with Gasteiger partial charge in [0.25, 0.3) is 0 Å². The lowest BCUT2D eigenvalue weighted by Crippen LogP contribution is -2.11. The predicted molar refractivity (Wildman–Crippen MR) is 47.2 cm³/mol. The maximum Gasteiger partial charge on any atom is 0.143 e. The SMILES string of the molecule is CC(C)(C)c1cnoc1C1CC1. The van der Waals surface area contributed by atoms with Crippen molar-refractivity contribution in [3.8, 4) is 0 Å². The molecule has 1 heterocycles. The first-order valence-electron chi connectivity index (χ1n) is 4.54. The number of hydrogen-bond acceptors (Lipinski definition) is 2. The van der Waals surface area contributed by atoms with Crippen molar-refractivity contribution >= 4 is 0 Å². The van der Waals surface area contributed by atoms with Crippen molar-refractivity contribution in [1.82, 2.24) is 5.16 Å². The fraction of sp³-hybridized carbons (Fsp3) is 0.700. The molecule has 1 aliphatic rings.